The van der Waals surface area contributed by atoms with Crippen molar-refractivity contribution >= 4 is 17.4 Å². The van der Waals surface area contributed by atoms with E-state index in [4.69, 9.17) is 23.4 Å². The van der Waals surface area contributed by atoms with Gasteiger partial charge in [0.05, 0.1) is 45.8 Å². The molecule has 1 saturated heterocycles. The number of furan rings is 1. The summed E-state index contributed by atoms with van der Waals surface area (Å²) in [5, 5.41) is 11.5. The summed E-state index contributed by atoms with van der Waals surface area (Å²) in [4.78, 5) is 28.2. The lowest BCUT2D eigenvalue weighted by atomic mass is 9.94. The van der Waals surface area contributed by atoms with Crippen LogP contribution in [0.3, 0.4) is 0 Å². The normalized spacial score (nSPS) is 16.0. The smallest absolute Gasteiger partial charge is 0.296 e. The number of likely N-dealkylation sites (tertiary alicyclic amines) is 1. The van der Waals surface area contributed by atoms with Gasteiger partial charge in [-0.2, -0.15) is 0 Å². The minimum absolute atomic E-state index is 0.00141. The fraction of sp³-hybridized carbons (Fsp3) is 0.212. The van der Waals surface area contributed by atoms with Crippen LogP contribution in [0.2, 0.25) is 0 Å². The van der Waals surface area contributed by atoms with Crippen molar-refractivity contribution in [1.29, 1.82) is 0 Å². The highest BCUT2D eigenvalue weighted by Gasteiger charge is 2.47. The SMILES string of the molecule is COc1cc(C2/C(=C(\O)c3ccc(OCc4cccc(C)c4)cc3)C(=O)C(=O)N2Cc2ccco2)cc(OC)c1OC. The van der Waals surface area contributed by atoms with Gasteiger partial charge in [-0.1, -0.05) is 29.8 Å². The number of ketones is 1. The Hall–Kier alpha value is -5.18. The second kappa shape index (κ2) is 12.1. The molecule has 1 aliphatic heterocycles. The number of hydrogen-bond donors (Lipinski definition) is 1. The summed E-state index contributed by atoms with van der Waals surface area (Å²) in [7, 11) is 4.43. The molecule has 1 unspecified atom stereocenters. The van der Waals surface area contributed by atoms with Gasteiger partial charge in [0.2, 0.25) is 5.75 Å². The number of Topliss-reactive ketones (excluding diaryl/α,β-unsaturated/α-hetero) is 1. The molecule has 42 heavy (non-hydrogen) atoms. The van der Waals surface area contributed by atoms with Crippen molar-refractivity contribution in [3.8, 4) is 23.0 Å². The molecule has 9 nitrogen and oxygen atoms in total. The average Bonchev–Trinajstić information content (AvgIpc) is 3.61. The zero-order valence-electron chi connectivity index (χ0n) is 23.7. The molecule has 1 aliphatic rings. The Morgan fingerprint density at radius 2 is 1.62 bits per heavy atom. The summed E-state index contributed by atoms with van der Waals surface area (Å²) < 4.78 is 27.9. The number of aliphatic hydroxyl groups excluding tert-OH is 1. The van der Waals surface area contributed by atoms with Gasteiger partial charge in [-0.15, -0.1) is 0 Å². The maximum Gasteiger partial charge on any atom is 0.296 e. The van der Waals surface area contributed by atoms with Crippen LogP contribution in [0.15, 0.2) is 89.0 Å². The summed E-state index contributed by atoms with van der Waals surface area (Å²) in [6, 6.07) is 20.5. The first-order valence-corrected chi connectivity index (χ1v) is 13.2. The minimum atomic E-state index is -0.971. The molecule has 5 rings (SSSR count). The monoisotopic (exact) mass is 569 g/mol. The van der Waals surface area contributed by atoms with Gasteiger partial charge in [0.1, 0.15) is 23.9 Å². The summed E-state index contributed by atoms with van der Waals surface area (Å²) in [5.74, 6) is 0.183. The van der Waals surface area contributed by atoms with Gasteiger partial charge in [-0.25, -0.2) is 0 Å². The molecule has 9 heteroatoms. The van der Waals surface area contributed by atoms with E-state index in [2.05, 4.69) is 0 Å². The molecule has 1 fully saturated rings. The molecule has 1 N–H and O–H groups in total. The summed E-state index contributed by atoms with van der Waals surface area (Å²) in [6.07, 6.45) is 1.49. The number of rotatable bonds is 10. The van der Waals surface area contributed by atoms with Crippen LogP contribution in [-0.2, 0) is 22.7 Å². The molecule has 1 atom stereocenters. The van der Waals surface area contributed by atoms with Crippen molar-refractivity contribution in [3.63, 3.8) is 0 Å². The highest BCUT2D eigenvalue weighted by Crippen LogP contribution is 2.46. The molecule has 0 spiro atoms. The Bertz CT molecular complexity index is 1600. The number of aryl methyl sites for hydroxylation is 1. The molecular formula is C33H31NO8. The van der Waals surface area contributed by atoms with E-state index in [1.165, 1.54) is 32.5 Å². The van der Waals surface area contributed by atoms with Gasteiger partial charge < -0.3 is 33.4 Å². The fourth-order valence-electron chi connectivity index (χ4n) is 5.05. The summed E-state index contributed by atoms with van der Waals surface area (Å²) in [5.41, 5.74) is 2.93. The molecule has 4 aromatic rings. The Morgan fingerprint density at radius 3 is 2.21 bits per heavy atom. The van der Waals surface area contributed by atoms with Gasteiger partial charge in [0, 0.05) is 5.56 Å². The Kier molecular flexibility index (Phi) is 8.19. The minimum Gasteiger partial charge on any atom is -0.507 e. The van der Waals surface area contributed by atoms with Crippen LogP contribution in [0, 0.1) is 6.92 Å². The van der Waals surface area contributed by atoms with Gasteiger partial charge in [0.15, 0.2) is 11.5 Å². The molecule has 0 saturated carbocycles. The molecular weight excluding hydrogens is 538 g/mol. The fourth-order valence-corrected chi connectivity index (χ4v) is 5.05. The van der Waals surface area contributed by atoms with Crippen molar-refractivity contribution in [2.24, 2.45) is 0 Å². The second-order valence-corrected chi connectivity index (χ2v) is 9.77. The van der Waals surface area contributed by atoms with Crippen molar-refractivity contribution in [1.82, 2.24) is 4.90 Å². The largest absolute Gasteiger partial charge is 0.507 e. The lowest BCUT2D eigenvalue weighted by Crippen LogP contribution is -2.29. The van der Waals surface area contributed by atoms with Crippen LogP contribution in [0.25, 0.3) is 5.76 Å². The number of aliphatic hydroxyl groups is 1. The lowest BCUT2D eigenvalue weighted by molar-refractivity contribution is -0.140. The predicted molar refractivity (Wildman–Crippen MR) is 155 cm³/mol. The first kappa shape index (κ1) is 28.4. The van der Waals surface area contributed by atoms with E-state index in [-0.39, 0.29) is 17.9 Å². The zero-order valence-corrected chi connectivity index (χ0v) is 23.7. The Balaban J connectivity index is 1.54. The van der Waals surface area contributed by atoms with E-state index in [1.54, 1.807) is 48.5 Å². The average molecular weight is 570 g/mol. The van der Waals surface area contributed by atoms with Gasteiger partial charge in [-0.05, 0) is 66.6 Å². The number of carbonyl (C=O) groups excluding carboxylic acids is 2. The van der Waals surface area contributed by atoms with Crippen LogP contribution in [0.5, 0.6) is 23.0 Å². The standard InChI is InChI=1S/C33H31NO8/c1-20-7-5-8-21(15-20)19-42-24-12-10-22(11-13-24)30(35)28-29(23-16-26(38-2)32(40-4)27(17-23)39-3)34(33(37)31(28)36)18-25-9-6-14-41-25/h5-17,29,35H,18-19H2,1-4H3/b30-28+. The molecule has 2 heterocycles. The predicted octanol–water partition coefficient (Wildman–Crippen LogP) is 5.81. The van der Waals surface area contributed by atoms with E-state index in [9.17, 15) is 14.7 Å². The van der Waals surface area contributed by atoms with Crippen molar-refractivity contribution in [2.75, 3.05) is 21.3 Å². The van der Waals surface area contributed by atoms with Crippen molar-refractivity contribution in [2.45, 2.75) is 26.1 Å². The van der Waals surface area contributed by atoms with E-state index < -0.39 is 17.7 Å². The third kappa shape index (κ3) is 5.54. The number of methoxy groups -OCH3 is 3. The number of ether oxygens (including phenoxy) is 4. The van der Waals surface area contributed by atoms with E-state index in [1.807, 2.05) is 31.2 Å². The maximum atomic E-state index is 13.5. The van der Waals surface area contributed by atoms with Crippen molar-refractivity contribution in [3.05, 3.63) is 113 Å². The second-order valence-electron chi connectivity index (χ2n) is 9.77. The van der Waals surface area contributed by atoms with Crippen LogP contribution >= 0.6 is 0 Å². The summed E-state index contributed by atoms with van der Waals surface area (Å²) in [6.45, 7) is 2.40. The van der Waals surface area contributed by atoms with Gasteiger partial charge in [0.25, 0.3) is 11.7 Å². The Labute approximate surface area is 243 Å². The molecule has 0 aliphatic carbocycles. The van der Waals surface area contributed by atoms with Crippen LogP contribution in [0.4, 0.5) is 0 Å². The maximum absolute atomic E-state index is 13.5. The number of carbonyl (C=O) groups is 2. The molecule has 0 radical (unpaired) electrons. The summed E-state index contributed by atoms with van der Waals surface area (Å²) >= 11 is 0. The molecule has 3 aromatic carbocycles. The lowest BCUT2D eigenvalue weighted by Gasteiger charge is -2.26. The first-order chi connectivity index (χ1) is 20.3. The van der Waals surface area contributed by atoms with Gasteiger partial charge >= 0.3 is 0 Å². The van der Waals surface area contributed by atoms with E-state index >= 15 is 0 Å². The third-order valence-corrected chi connectivity index (χ3v) is 7.06. The van der Waals surface area contributed by atoms with E-state index in [0.29, 0.717) is 46.5 Å². The molecule has 216 valence electrons. The topological polar surface area (TPSA) is 108 Å². The molecule has 1 aromatic heterocycles. The molecule has 0 bridgehead atoms. The number of benzene rings is 3. The molecule has 1 amide bonds. The highest BCUT2D eigenvalue weighted by atomic mass is 16.5. The van der Waals surface area contributed by atoms with Crippen molar-refractivity contribution < 1.29 is 38.1 Å². The number of amides is 1. The van der Waals surface area contributed by atoms with Crippen LogP contribution in [0.1, 0.15) is 34.1 Å². The quantitative estimate of drug-likeness (QED) is 0.145. The van der Waals surface area contributed by atoms with E-state index in [0.717, 1.165) is 11.1 Å². The van der Waals surface area contributed by atoms with Gasteiger partial charge in [-0.3, -0.25) is 9.59 Å². The number of nitrogens with zero attached hydrogens (tertiary/aromatic N) is 1. The highest BCUT2D eigenvalue weighted by molar-refractivity contribution is 6.46. The zero-order chi connectivity index (χ0) is 29.8. The number of hydrogen-bond acceptors (Lipinski definition) is 8. The third-order valence-electron chi connectivity index (χ3n) is 7.06. The first-order valence-electron chi connectivity index (χ1n) is 13.2. The van der Waals surface area contributed by atoms with Crippen LogP contribution < -0.4 is 18.9 Å². The Morgan fingerprint density at radius 1 is 0.905 bits per heavy atom. The van der Waals surface area contributed by atoms with Crippen LogP contribution in [-0.4, -0.2) is 43.0 Å².